The van der Waals surface area contributed by atoms with Gasteiger partial charge in [-0.15, -0.1) is 0 Å². The molecule has 1 aromatic heterocycles. The van der Waals surface area contributed by atoms with Crippen LogP contribution < -0.4 is 9.47 Å². The fourth-order valence-corrected chi connectivity index (χ4v) is 18.0. The molecule has 0 fully saturated rings. The molecule has 0 spiro atoms. The van der Waals surface area contributed by atoms with Gasteiger partial charge in [0.15, 0.2) is 0 Å². The van der Waals surface area contributed by atoms with Gasteiger partial charge in [-0.2, -0.15) is 0 Å². The zero-order valence-corrected chi connectivity index (χ0v) is 73.4. The van der Waals surface area contributed by atoms with Gasteiger partial charge in [0, 0.05) is 11.1 Å². The molecule has 5 aliphatic carbocycles. The Morgan fingerprint density at radius 3 is 0.583 bits per heavy atom. The number of hydrogen-bond donors (Lipinski definition) is 0. The molecule has 120 heavy (non-hydrogen) atoms. The Hall–Kier alpha value is -12.3. The van der Waals surface area contributed by atoms with Crippen molar-refractivity contribution in [2.24, 2.45) is 0 Å². The molecule has 2 atom stereocenters. The van der Waals surface area contributed by atoms with Crippen LogP contribution in [0.25, 0.3) is 44.8 Å². The highest BCUT2D eigenvalue weighted by molar-refractivity contribution is 5.74. The highest BCUT2D eigenvalue weighted by Crippen LogP contribution is 2.51. The topological polar surface area (TPSA) is 31.4 Å². The lowest BCUT2D eigenvalue weighted by Crippen LogP contribution is -2.34. The highest BCUT2D eigenvalue weighted by atomic mass is 16.5. The van der Waals surface area contributed by atoms with E-state index in [1.807, 2.05) is 0 Å². The van der Waals surface area contributed by atoms with Crippen molar-refractivity contribution in [3.05, 3.63) is 434 Å². The van der Waals surface area contributed by atoms with Crippen LogP contribution in [-0.2, 0) is 54.1 Å². The maximum atomic E-state index is 7.46. The second-order valence-electron chi connectivity index (χ2n) is 39.7. The molecule has 0 amide bonds. The summed E-state index contributed by atoms with van der Waals surface area (Å²) >= 11 is 0. The van der Waals surface area contributed by atoms with Crippen LogP contribution in [0.15, 0.2) is 334 Å². The van der Waals surface area contributed by atoms with Crippen molar-refractivity contribution < 1.29 is 9.47 Å². The fraction of sp³-hybridized carbons (Fsp3) is 0.256. The number of nitrogens with zero attached hydrogens (tertiary/aromatic N) is 1. The van der Waals surface area contributed by atoms with Crippen LogP contribution in [0, 0.1) is 23.7 Å². The molecule has 598 valence electrons. The Labute approximate surface area is 715 Å². The lowest BCUT2D eigenvalue weighted by Gasteiger charge is -2.38. The number of hydrogen-bond acceptors (Lipinski definition) is 3. The van der Waals surface area contributed by atoms with Crippen LogP contribution in [0.2, 0.25) is 0 Å². The van der Waals surface area contributed by atoms with Gasteiger partial charge in [-0.3, -0.25) is 0 Å². The van der Waals surface area contributed by atoms with Gasteiger partial charge < -0.3 is 9.47 Å². The van der Waals surface area contributed by atoms with Crippen molar-refractivity contribution in [3.8, 4) is 79.9 Å². The van der Waals surface area contributed by atoms with Gasteiger partial charge in [0.1, 0.15) is 35.5 Å². The van der Waals surface area contributed by atoms with Crippen LogP contribution in [0.4, 0.5) is 0 Å². The van der Waals surface area contributed by atoms with Gasteiger partial charge in [0.05, 0.1) is 22.2 Å². The summed E-state index contributed by atoms with van der Waals surface area (Å²) < 4.78 is 14.9. The summed E-state index contributed by atoms with van der Waals surface area (Å²) in [7, 11) is 0. The largest absolute Gasteiger partial charge is 0.491 e. The van der Waals surface area contributed by atoms with Gasteiger partial charge >= 0.3 is 0 Å². The van der Waals surface area contributed by atoms with Gasteiger partial charge in [-0.05, 0) is 203 Å². The van der Waals surface area contributed by atoms with Crippen LogP contribution in [0.1, 0.15) is 225 Å². The van der Waals surface area contributed by atoms with Crippen LogP contribution in [0.5, 0.6) is 11.5 Å². The third-order valence-electron chi connectivity index (χ3n) is 25.6. The van der Waals surface area contributed by atoms with E-state index >= 15 is 0 Å². The van der Waals surface area contributed by atoms with E-state index in [1.54, 1.807) is 0 Å². The molecule has 0 N–H and O–H groups in total. The molecule has 23 rings (SSSR count). The van der Waals surface area contributed by atoms with E-state index in [9.17, 15) is 0 Å². The molecular formula is C117H113NO2. The Bertz CT molecular complexity index is 5470. The second-order valence-corrected chi connectivity index (χ2v) is 39.7. The number of aromatic nitrogens is 1. The van der Waals surface area contributed by atoms with Gasteiger partial charge in [0.2, 0.25) is 0 Å². The molecular weight excluding hydrogens is 1450 g/mol. The third kappa shape index (κ3) is 15.6. The first-order chi connectivity index (χ1) is 57.1. The number of pyridine rings is 1. The first kappa shape index (κ1) is 81.5. The fourth-order valence-electron chi connectivity index (χ4n) is 18.0. The van der Waals surface area contributed by atoms with Crippen molar-refractivity contribution in [1.82, 2.24) is 4.98 Å². The van der Waals surface area contributed by atoms with Gasteiger partial charge in [-0.1, -0.05) is 434 Å². The minimum absolute atomic E-state index is 0.0401. The van der Waals surface area contributed by atoms with Crippen molar-refractivity contribution in [2.75, 3.05) is 13.2 Å². The number of ether oxygens (including phenoxy) is 2. The Balaban J connectivity index is 0.857. The monoisotopic (exact) mass is 1560 g/mol. The van der Waals surface area contributed by atoms with E-state index in [2.05, 4.69) is 482 Å². The highest BCUT2D eigenvalue weighted by Gasteiger charge is 2.43. The van der Waals surface area contributed by atoms with E-state index < -0.39 is 21.7 Å². The average molecular weight is 1570 g/mol. The van der Waals surface area contributed by atoms with Gasteiger partial charge in [-0.25, -0.2) is 4.98 Å². The van der Waals surface area contributed by atoms with E-state index in [1.165, 1.54) is 66.8 Å². The van der Waals surface area contributed by atoms with Crippen molar-refractivity contribution in [3.63, 3.8) is 0 Å². The molecule has 0 radical (unpaired) electrons. The minimum Gasteiger partial charge on any atom is -0.491 e. The van der Waals surface area contributed by atoms with E-state index in [0.717, 1.165) is 78.1 Å². The number of fused-ring (bicyclic) bond motifs is 1. The lowest BCUT2D eigenvalue weighted by molar-refractivity contribution is 0.274. The molecule has 2 unspecified atom stereocenters. The lowest BCUT2D eigenvalue weighted by atomic mass is 9.64. The van der Waals surface area contributed by atoms with E-state index in [-0.39, 0.29) is 45.7 Å². The average Bonchev–Trinajstić information content (AvgIpc) is 0.759. The Kier molecular flexibility index (Phi) is 21.1. The van der Waals surface area contributed by atoms with E-state index in [4.69, 9.17) is 14.5 Å². The first-order valence-corrected chi connectivity index (χ1v) is 42.8. The molecule has 3 nitrogen and oxygen atoms in total. The molecule has 4 aliphatic heterocycles. The summed E-state index contributed by atoms with van der Waals surface area (Å²) in [5.41, 5.74) is 25.1. The van der Waals surface area contributed by atoms with Crippen LogP contribution in [-0.4, -0.2) is 18.2 Å². The molecule has 13 aromatic carbocycles. The summed E-state index contributed by atoms with van der Waals surface area (Å²) in [6.07, 6.45) is 0. The molecule has 5 heterocycles. The SMILES string of the molecule is CC(C)(C)c1ccc(C(c2ccc(OCC34C#CC#CC(COc5ccc(C(c6ccc(C(C)(C)C)cc6)(c6ccc(C(C)(C)C)cc6)c6ccc(C(C)(C)C)cc6)cc5)(c5ccc(cc5)-c5ccc(cc5)-c5ccc3cc5)c3ccc(cc3)-c3cccc(n3)-c3ccc4cc3)cc2)(c2ccc(C(C)(C)C)cc2)c2ccc(C(C)(C)C)cc2)cc1. The summed E-state index contributed by atoms with van der Waals surface area (Å²) in [5, 5.41) is 0. The summed E-state index contributed by atoms with van der Waals surface area (Å²) in [6.45, 7) is 41.5. The Morgan fingerprint density at radius 1 is 0.208 bits per heavy atom. The molecule has 0 saturated heterocycles. The predicted octanol–water partition coefficient (Wildman–Crippen LogP) is 28.4. The summed E-state index contributed by atoms with van der Waals surface area (Å²) in [4.78, 5) is 5.40. The summed E-state index contributed by atoms with van der Waals surface area (Å²) in [6, 6.07) is 125. The number of rotatable bonds is 14. The zero-order valence-electron chi connectivity index (χ0n) is 73.4. The van der Waals surface area contributed by atoms with E-state index in [0.29, 0.717) is 11.5 Å². The predicted molar refractivity (Wildman–Crippen MR) is 502 cm³/mol. The van der Waals surface area contributed by atoms with Crippen LogP contribution >= 0.6 is 0 Å². The minimum atomic E-state index is -1.10. The number of benzene rings is 13. The smallest absolute Gasteiger partial charge is 0.119 e. The standard InChI is InChI=1S/C117H113NO2/c1-108(2,3)86-44-56-96(57-45-86)116(97-58-46-87(47-59-97)109(4,5)6,98-60-48-88(49-61-98)110(7,8)9)102-68-72-104(73-69-102)119-78-114-76-19-20-77-115(93-38-30-83(31-39-93)81-26-24-80(25-27-81)82-28-36-92(114)37-29-82,95-42-34-85(35-43-95)107-23-21-22-106(118-107)84-32-40-94(114)41-33-84)79-120-105-74-70-103(71-75-105)117(99-62-50-89(51-63-99)111(10,11)12,100-64-52-90(53-65-100)112(13,14)15)101-66-54-91(55-67-101)113(16,17)18/h21-75H,78-79H2,1-18H3. The third-order valence-corrected chi connectivity index (χ3v) is 25.6. The van der Waals surface area contributed by atoms with Crippen LogP contribution in [0.3, 0.4) is 0 Å². The molecule has 0 saturated carbocycles. The van der Waals surface area contributed by atoms with Crippen molar-refractivity contribution in [1.29, 1.82) is 0 Å². The maximum absolute atomic E-state index is 7.46. The molecule has 14 aromatic rings. The zero-order chi connectivity index (χ0) is 84.4. The van der Waals surface area contributed by atoms with Crippen molar-refractivity contribution >= 4 is 0 Å². The molecule has 9 aliphatic rings. The Morgan fingerprint density at radius 2 is 0.383 bits per heavy atom. The van der Waals surface area contributed by atoms with Crippen molar-refractivity contribution in [2.45, 2.75) is 179 Å². The molecule has 14 bridgehead atoms. The molecule has 3 heteroatoms. The summed E-state index contributed by atoms with van der Waals surface area (Å²) in [5.74, 6) is 16.6. The quantitative estimate of drug-likeness (QED) is 0.0803. The second kappa shape index (κ2) is 31.1. The maximum Gasteiger partial charge on any atom is 0.119 e. The first-order valence-electron chi connectivity index (χ1n) is 42.8. The van der Waals surface area contributed by atoms with Gasteiger partial charge in [0.25, 0.3) is 0 Å². The normalized spacial score (nSPS) is 15.4.